The van der Waals surface area contributed by atoms with Gasteiger partial charge < -0.3 is 10.2 Å². The van der Waals surface area contributed by atoms with E-state index in [1.165, 1.54) is 6.92 Å². The summed E-state index contributed by atoms with van der Waals surface area (Å²) in [5, 5.41) is 24.9. The molecule has 0 aliphatic carbocycles. The normalized spacial score (nSPS) is 10.4. The fourth-order valence-electron chi connectivity index (χ4n) is 2.75. The van der Waals surface area contributed by atoms with Gasteiger partial charge in [0.25, 0.3) is 17.3 Å². The summed E-state index contributed by atoms with van der Waals surface area (Å²) in [4.78, 5) is 35.0. The Morgan fingerprint density at radius 1 is 1.04 bits per heavy atom. The summed E-state index contributed by atoms with van der Waals surface area (Å²) >= 11 is 0. The molecule has 148 valence electrons. The Kier molecular flexibility index (Phi) is 6.64. The van der Waals surface area contributed by atoms with Crippen LogP contribution in [-0.2, 0) is 6.42 Å². The van der Waals surface area contributed by atoms with Crippen LogP contribution in [0.5, 0.6) is 0 Å². The van der Waals surface area contributed by atoms with Crippen molar-refractivity contribution in [3.63, 3.8) is 0 Å². The quantitative estimate of drug-likeness (QED) is 0.423. The number of rotatable bonds is 8. The summed E-state index contributed by atoms with van der Waals surface area (Å²) in [6.45, 7) is 1.64. The van der Waals surface area contributed by atoms with Crippen molar-refractivity contribution in [1.29, 1.82) is 0 Å². The van der Waals surface area contributed by atoms with Gasteiger partial charge in [0, 0.05) is 38.5 Å². The van der Waals surface area contributed by atoms with E-state index in [4.69, 9.17) is 0 Å². The molecule has 1 amide bonds. The molecule has 0 aliphatic rings. The molecule has 0 bridgehead atoms. The SMILES string of the molecule is Cc1c([N+](=O)[O-])cc(C(=O)NCCCc2ccc(N(C)C)cc2)cc1[N+](=O)[O-]. The minimum atomic E-state index is -0.726. The van der Waals surface area contributed by atoms with Crippen LogP contribution in [0, 0.1) is 27.2 Å². The second-order valence-corrected chi connectivity index (χ2v) is 6.57. The first-order valence-electron chi connectivity index (χ1n) is 8.68. The molecule has 0 fully saturated rings. The van der Waals surface area contributed by atoms with Crippen molar-refractivity contribution < 1.29 is 14.6 Å². The van der Waals surface area contributed by atoms with E-state index in [1.54, 1.807) is 0 Å². The Bertz CT molecular complexity index is 859. The minimum Gasteiger partial charge on any atom is -0.378 e. The summed E-state index contributed by atoms with van der Waals surface area (Å²) in [5.41, 5.74) is 1.16. The van der Waals surface area contributed by atoms with Crippen molar-refractivity contribution in [2.75, 3.05) is 25.5 Å². The first-order valence-corrected chi connectivity index (χ1v) is 8.68. The first-order chi connectivity index (χ1) is 13.2. The molecule has 0 heterocycles. The average Bonchev–Trinajstić information content (AvgIpc) is 2.65. The second-order valence-electron chi connectivity index (χ2n) is 6.57. The predicted molar refractivity (Wildman–Crippen MR) is 106 cm³/mol. The van der Waals surface area contributed by atoms with E-state index >= 15 is 0 Å². The number of nitro groups is 2. The van der Waals surface area contributed by atoms with Gasteiger partial charge in [0.1, 0.15) is 5.56 Å². The van der Waals surface area contributed by atoms with Crippen LogP contribution in [0.15, 0.2) is 36.4 Å². The third-order valence-electron chi connectivity index (χ3n) is 4.39. The van der Waals surface area contributed by atoms with E-state index in [9.17, 15) is 25.0 Å². The zero-order chi connectivity index (χ0) is 20.8. The number of hydrogen-bond acceptors (Lipinski definition) is 6. The van der Waals surface area contributed by atoms with Gasteiger partial charge >= 0.3 is 0 Å². The van der Waals surface area contributed by atoms with Gasteiger partial charge in [-0.25, -0.2) is 0 Å². The molecule has 28 heavy (non-hydrogen) atoms. The fraction of sp³-hybridized carbons (Fsp3) is 0.316. The van der Waals surface area contributed by atoms with Gasteiger partial charge in [0.15, 0.2) is 0 Å². The zero-order valence-electron chi connectivity index (χ0n) is 16.0. The summed E-state index contributed by atoms with van der Waals surface area (Å²) < 4.78 is 0. The molecule has 9 nitrogen and oxygen atoms in total. The monoisotopic (exact) mass is 386 g/mol. The van der Waals surface area contributed by atoms with Crippen LogP contribution in [0.1, 0.15) is 27.9 Å². The number of nitro benzene ring substituents is 2. The Balaban J connectivity index is 1.99. The summed E-state index contributed by atoms with van der Waals surface area (Å²) in [5.74, 6) is -0.575. The van der Waals surface area contributed by atoms with E-state index in [0.717, 1.165) is 29.8 Å². The Morgan fingerprint density at radius 2 is 1.57 bits per heavy atom. The predicted octanol–water partition coefficient (Wildman–Crippen LogP) is 3.24. The van der Waals surface area contributed by atoms with Crippen LogP contribution in [-0.4, -0.2) is 36.4 Å². The third-order valence-corrected chi connectivity index (χ3v) is 4.39. The standard InChI is InChI=1S/C19H22N4O5/c1-13-17(22(25)26)11-15(12-18(13)23(27)28)19(24)20-10-4-5-14-6-8-16(9-7-14)21(2)3/h6-9,11-12H,4-5,10H2,1-3H3,(H,20,24). The lowest BCUT2D eigenvalue weighted by atomic mass is 10.1. The average molecular weight is 386 g/mol. The maximum Gasteiger partial charge on any atom is 0.279 e. The largest absolute Gasteiger partial charge is 0.378 e. The highest BCUT2D eigenvalue weighted by Gasteiger charge is 2.25. The molecule has 9 heteroatoms. The number of aryl methyl sites for hydroxylation is 1. The van der Waals surface area contributed by atoms with E-state index in [-0.39, 0.29) is 11.1 Å². The molecule has 2 rings (SSSR count). The molecule has 0 atom stereocenters. The van der Waals surface area contributed by atoms with E-state index in [2.05, 4.69) is 5.32 Å². The van der Waals surface area contributed by atoms with Gasteiger partial charge in [-0.05, 0) is 37.5 Å². The van der Waals surface area contributed by atoms with Crippen molar-refractivity contribution in [2.45, 2.75) is 19.8 Å². The highest BCUT2D eigenvalue weighted by molar-refractivity contribution is 5.96. The molecular weight excluding hydrogens is 364 g/mol. The molecule has 0 unspecified atom stereocenters. The molecule has 0 spiro atoms. The number of carbonyl (C=O) groups is 1. The maximum absolute atomic E-state index is 12.3. The number of carbonyl (C=O) groups excluding carboxylic acids is 1. The lowest BCUT2D eigenvalue weighted by Crippen LogP contribution is -2.25. The van der Waals surface area contributed by atoms with E-state index in [0.29, 0.717) is 13.0 Å². The van der Waals surface area contributed by atoms with Gasteiger partial charge in [0.2, 0.25) is 0 Å². The molecule has 1 N–H and O–H groups in total. The highest BCUT2D eigenvalue weighted by Crippen LogP contribution is 2.29. The van der Waals surface area contributed by atoms with Crippen LogP contribution in [0.25, 0.3) is 0 Å². The van der Waals surface area contributed by atoms with Gasteiger partial charge in [0.05, 0.1) is 15.4 Å². The molecule has 0 saturated heterocycles. The number of amides is 1. The number of nitrogens with one attached hydrogen (secondary N) is 1. The molecule has 0 aliphatic heterocycles. The zero-order valence-corrected chi connectivity index (χ0v) is 16.0. The van der Waals surface area contributed by atoms with Crippen LogP contribution in [0.4, 0.5) is 17.1 Å². The lowest BCUT2D eigenvalue weighted by Gasteiger charge is -2.12. The molecular formula is C19H22N4O5. The van der Waals surface area contributed by atoms with Crippen LogP contribution >= 0.6 is 0 Å². The Morgan fingerprint density at radius 3 is 2.04 bits per heavy atom. The second kappa shape index (κ2) is 8.94. The molecule has 2 aromatic rings. The maximum atomic E-state index is 12.3. The van der Waals surface area contributed by atoms with Gasteiger partial charge in [-0.3, -0.25) is 25.0 Å². The number of anilines is 1. The number of hydrogen-bond donors (Lipinski definition) is 1. The lowest BCUT2D eigenvalue weighted by molar-refractivity contribution is -0.395. The topological polar surface area (TPSA) is 119 Å². The molecule has 0 radical (unpaired) electrons. The Labute approximate surface area is 162 Å². The fourth-order valence-corrected chi connectivity index (χ4v) is 2.75. The smallest absolute Gasteiger partial charge is 0.279 e. The van der Waals surface area contributed by atoms with Crippen molar-refractivity contribution in [1.82, 2.24) is 5.32 Å². The Hall–Kier alpha value is -3.49. The molecule has 2 aromatic carbocycles. The van der Waals surface area contributed by atoms with Gasteiger partial charge in [-0.2, -0.15) is 0 Å². The van der Waals surface area contributed by atoms with E-state index in [1.807, 2.05) is 43.3 Å². The minimum absolute atomic E-state index is 0.0762. The summed E-state index contributed by atoms with van der Waals surface area (Å²) in [6.07, 6.45) is 1.42. The van der Waals surface area contributed by atoms with Gasteiger partial charge in [-0.1, -0.05) is 12.1 Å². The summed E-state index contributed by atoms with van der Waals surface area (Å²) in [6, 6.07) is 10.2. The van der Waals surface area contributed by atoms with Crippen molar-refractivity contribution in [3.05, 3.63) is 73.3 Å². The van der Waals surface area contributed by atoms with Crippen LogP contribution in [0.2, 0.25) is 0 Å². The molecule has 0 aromatic heterocycles. The van der Waals surface area contributed by atoms with Crippen LogP contribution in [0.3, 0.4) is 0 Å². The number of nitrogens with zero attached hydrogens (tertiary/aromatic N) is 3. The summed E-state index contributed by atoms with van der Waals surface area (Å²) in [7, 11) is 3.93. The number of benzene rings is 2. The van der Waals surface area contributed by atoms with Crippen molar-refractivity contribution >= 4 is 23.0 Å². The van der Waals surface area contributed by atoms with Crippen LogP contribution < -0.4 is 10.2 Å². The first kappa shape index (κ1) is 20.8. The van der Waals surface area contributed by atoms with Crippen molar-refractivity contribution in [2.24, 2.45) is 0 Å². The highest BCUT2D eigenvalue weighted by atomic mass is 16.6. The van der Waals surface area contributed by atoms with E-state index < -0.39 is 27.1 Å². The van der Waals surface area contributed by atoms with Crippen molar-refractivity contribution in [3.8, 4) is 0 Å². The molecule has 0 saturated carbocycles. The third kappa shape index (κ3) is 5.03. The van der Waals surface area contributed by atoms with Gasteiger partial charge in [-0.15, -0.1) is 0 Å².